The zero-order valence-corrected chi connectivity index (χ0v) is 13.2. The van der Waals surface area contributed by atoms with Crippen LogP contribution in [0, 0.1) is 13.8 Å². The summed E-state index contributed by atoms with van der Waals surface area (Å²) in [6.45, 7) is 7.93. The van der Waals surface area contributed by atoms with Crippen molar-refractivity contribution in [1.82, 2.24) is 10.3 Å². The largest absolute Gasteiger partial charge is 0.345 e. The number of nitrogens with zero attached hydrogens (tertiary/aromatic N) is 1. The van der Waals surface area contributed by atoms with Gasteiger partial charge in [0, 0.05) is 0 Å². The Morgan fingerprint density at radius 3 is 2.45 bits per heavy atom. The molecule has 3 nitrogen and oxygen atoms in total. The molecule has 0 spiro atoms. The summed E-state index contributed by atoms with van der Waals surface area (Å²) in [5, 5.41) is 3.96. The molecule has 1 heterocycles. The van der Waals surface area contributed by atoms with E-state index >= 15 is 0 Å². The summed E-state index contributed by atoms with van der Waals surface area (Å²) < 4.78 is 0. The van der Waals surface area contributed by atoms with Crippen LogP contribution in [0.25, 0.3) is 0 Å². The number of rotatable bonds is 4. The SMILES string of the molecule is CCc1ccc(C(C)NC(=O)c2sc(C)nc2C)cc1. The maximum absolute atomic E-state index is 12.2. The van der Waals surface area contributed by atoms with Gasteiger partial charge in [0.05, 0.1) is 16.7 Å². The molecule has 0 aliphatic rings. The number of aryl methyl sites for hydroxylation is 3. The Kier molecular flexibility index (Phi) is 4.55. The van der Waals surface area contributed by atoms with Gasteiger partial charge in [-0.3, -0.25) is 4.79 Å². The van der Waals surface area contributed by atoms with Gasteiger partial charge in [0.1, 0.15) is 4.88 Å². The van der Waals surface area contributed by atoms with Crippen molar-refractivity contribution < 1.29 is 4.79 Å². The molecule has 2 aromatic rings. The lowest BCUT2D eigenvalue weighted by Crippen LogP contribution is -2.26. The molecule has 1 atom stereocenters. The number of carbonyl (C=O) groups is 1. The topological polar surface area (TPSA) is 42.0 Å². The minimum atomic E-state index is -0.0415. The third kappa shape index (κ3) is 3.25. The van der Waals surface area contributed by atoms with Crippen molar-refractivity contribution in [1.29, 1.82) is 0 Å². The van der Waals surface area contributed by atoms with Crippen LogP contribution < -0.4 is 5.32 Å². The van der Waals surface area contributed by atoms with Crippen LogP contribution in [0.1, 0.15) is 51.4 Å². The summed E-state index contributed by atoms with van der Waals surface area (Å²) in [5.74, 6) is -0.0415. The molecule has 1 aromatic carbocycles. The molecule has 0 radical (unpaired) electrons. The maximum Gasteiger partial charge on any atom is 0.263 e. The van der Waals surface area contributed by atoms with Gasteiger partial charge in [-0.05, 0) is 38.3 Å². The molecule has 0 saturated heterocycles. The Labute approximate surface area is 124 Å². The summed E-state index contributed by atoms with van der Waals surface area (Å²) in [4.78, 5) is 17.2. The number of hydrogen-bond donors (Lipinski definition) is 1. The van der Waals surface area contributed by atoms with Gasteiger partial charge in [0.25, 0.3) is 5.91 Å². The average molecular weight is 288 g/mol. The quantitative estimate of drug-likeness (QED) is 0.929. The third-order valence-electron chi connectivity index (χ3n) is 3.35. The Morgan fingerprint density at radius 2 is 1.95 bits per heavy atom. The average Bonchev–Trinajstić information content (AvgIpc) is 2.78. The first kappa shape index (κ1) is 14.7. The molecule has 0 bridgehead atoms. The van der Waals surface area contributed by atoms with E-state index in [1.54, 1.807) is 0 Å². The van der Waals surface area contributed by atoms with Crippen molar-refractivity contribution in [2.75, 3.05) is 0 Å². The van der Waals surface area contributed by atoms with Crippen LogP contribution in [-0.4, -0.2) is 10.9 Å². The predicted octanol–water partition coefficient (Wildman–Crippen LogP) is 3.81. The molecule has 106 valence electrons. The van der Waals surface area contributed by atoms with E-state index in [1.807, 2.05) is 20.8 Å². The number of nitrogens with one attached hydrogen (secondary N) is 1. The summed E-state index contributed by atoms with van der Waals surface area (Å²) in [6, 6.07) is 8.37. The second kappa shape index (κ2) is 6.18. The number of benzene rings is 1. The van der Waals surface area contributed by atoms with E-state index in [-0.39, 0.29) is 11.9 Å². The second-order valence-electron chi connectivity index (χ2n) is 4.94. The van der Waals surface area contributed by atoms with E-state index in [0.29, 0.717) is 4.88 Å². The zero-order valence-electron chi connectivity index (χ0n) is 12.4. The van der Waals surface area contributed by atoms with Crippen LogP contribution in [0.15, 0.2) is 24.3 Å². The van der Waals surface area contributed by atoms with Gasteiger partial charge in [-0.25, -0.2) is 4.98 Å². The first-order valence-electron chi connectivity index (χ1n) is 6.85. The molecule has 2 rings (SSSR count). The minimum Gasteiger partial charge on any atom is -0.345 e. The lowest BCUT2D eigenvalue weighted by molar-refractivity contribution is 0.0943. The normalized spacial score (nSPS) is 12.2. The van der Waals surface area contributed by atoms with Crippen molar-refractivity contribution in [2.24, 2.45) is 0 Å². The Balaban J connectivity index is 2.08. The second-order valence-corrected chi connectivity index (χ2v) is 6.14. The van der Waals surface area contributed by atoms with Crippen LogP contribution in [0.3, 0.4) is 0 Å². The highest BCUT2D eigenvalue weighted by molar-refractivity contribution is 7.13. The van der Waals surface area contributed by atoms with Gasteiger partial charge in [-0.1, -0.05) is 31.2 Å². The molecule has 1 aromatic heterocycles. The number of carbonyl (C=O) groups excluding carboxylic acids is 1. The van der Waals surface area contributed by atoms with Crippen molar-refractivity contribution in [3.05, 3.63) is 51.0 Å². The molecule has 20 heavy (non-hydrogen) atoms. The molecule has 1 N–H and O–H groups in total. The fourth-order valence-electron chi connectivity index (χ4n) is 2.13. The van der Waals surface area contributed by atoms with Crippen molar-refractivity contribution >= 4 is 17.2 Å². The number of thiazole rings is 1. The van der Waals surface area contributed by atoms with Crippen LogP contribution in [-0.2, 0) is 6.42 Å². The Hall–Kier alpha value is -1.68. The molecule has 4 heteroatoms. The van der Waals surface area contributed by atoms with E-state index in [1.165, 1.54) is 16.9 Å². The highest BCUT2D eigenvalue weighted by Gasteiger charge is 2.16. The summed E-state index contributed by atoms with van der Waals surface area (Å²) in [5.41, 5.74) is 3.23. The van der Waals surface area contributed by atoms with Crippen molar-refractivity contribution in [3.63, 3.8) is 0 Å². The minimum absolute atomic E-state index is 0.00443. The summed E-state index contributed by atoms with van der Waals surface area (Å²) in [6.07, 6.45) is 1.03. The monoisotopic (exact) mass is 288 g/mol. The number of aromatic nitrogens is 1. The number of amides is 1. The van der Waals surface area contributed by atoms with Gasteiger partial charge in [0.2, 0.25) is 0 Å². The van der Waals surface area contributed by atoms with E-state index < -0.39 is 0 Å². The van der Waals surface area contributed by atoms with Gasteiger partial charge in [0.15, 0.2) is 0 Å². The Bertz CT molecular complexity index is 601. The third-order valence-corrected chi connectivity index (χ3v) is 4.42. The van der Waals surface area contributed by atoms with E-state index in [4.69, 9.17) is 0 Å². The van der Waals surface area contributed by atoms with Crippen molar-refractivity contribution in [2.45, 2.75) is 40.2 Å². The lowest BCUT2D eigenvalue weighted by atomic mass is 10.0. The zero-order chi connectivity index (χ0) is 14.7. The maximum atomic E-state index is 12.2. The van der Waals surface area contributed by atoms with Gasteiger partial charge in [-0.2, -0.15) is 0 Å². The highest BCUT2D eigenvalue weighted by Crippen LogP contribution is 2.19. The van der Waals surface area contributed by atoms with E-state index in [0.717, 1.165) is 22.7 Å². The fraction of sp³-hybridized carbons (Fsp3) is 0.375. The molecule has 1 amide bonds. The first-order valence-corrected chi connectivity index (χ1v) is 7.66. The molecular formula is C16H20N2OS. The van der Waals surface area contributed by atoms with Crippen LogP contribution >= 0.6 is 11.3 Å². The number of hydrogen-bond acceptors (Lipinski definition) is 3. The molecular weight excluding hydrogens is 268 g/mol. The van der Waals surface area contributed by atoms with Gasteiger partial charge < -0.3 is 5.32 Å². The molecule has 1 unspecified atom stereocenters. The van der Waals surface area contributed by atoms with Crippen LogP contribution in [0.4, 0.5) is 0 Å². The molecule has 0 saturated carbocycles. The molecule has 0 aliphatic carbocycles. The predicted molar refractivity (Wildman–Crippen MR) is 83.3 cm³/mol. The van der Waals surface area contributed by atoms with Crippen molar-refractivity contribution in [3.8, 4) is 0 Å². The lowest BCUT2D eigenvalue weighted by Gasteiger charge is -2.14. The van der Waals surface area contributed by atoms with Gasteiger partial charge >= 0.3 is 0 Å². The molecule has 0 aliphatic heterocycles. The van der Waals surface area contributed by atoms with Crippen LogP contribution in [0.5, 0.6) is 0 Å². The smallest absolute Gasteiger partial charge is 0.263 e. The van der Waals surface area contributed by atoms with E-state index in [9.17, 15) is 4.79 Å². The van der Waals surface area contributed by atoms with Crippen LogP contribution in [0.2, 0.25) is 0 Å². The first-order chi connectivity index (χ1) is 9.51. The fourth-order valence-corrected chi connectivity index (χ4v) is 2.95. The Morgan fingerprint density at radius 1 is 1.30 bits per heavy atom. The van der Waals surface area contributed by atoms with E-state index in [2.05, 4.69) is 41.5 Å². The standard InChI is InChI=1S/C16H20N2OS/c1-5-13-6-8-14(9-7-13)10(2)18-16(19)15-11(3)17-12(4)20-15/h6-10H,5H2,1-4H3,(H,18,19). The van der Waals surface area contributed by atoms with Gasteiger partial charge in [-0.15, -0.1) is 11.3 Å². The summed E-state index contributed by atoms with van der Waals surface area (Å²) >= 11 is 1.44. The summed E-state index contributed by atoms with van der Waals surface area (Å²) in [7, 11) is 0. The molecule has 0 fully saturated rings. The highest BCUT2D eigenvalue weighted by atomic mass is 32.1.